The van der Waals surface area contributed by atoms with Gasteiger partial charge in [0.2, 0.25) is 11.9 Å². The zero-order chi connectivity index (χ0) is 18.6. The van der Waals surface area contributed by atoms with Crippen molar-refractivity contribution in [2.75, 3.05) is 36.8 Å². The van der Waals surface area contributed by atoms with Crippen LogP contribution in [-0.2, 0) is 11.3 Å². The lowest BCUT2D eigenvalue weighted by molar-refractivity contribution is -0.128. The van der Waals surface area contributed by atoms with Gasteiger partial charge in [0.15, 0.2) is 5.16 Å². The van der Waals surface area contributed by atoms with E-state index in [2.05, 4.69) is 37.4 Å². The third-order valence-corrected chi connectivity index (χ3v) is 5.69. The number of hydrogen-bond donors (Lipinski definition) is 0. The van der Waals surface area contributed by atoms with E-state index < -0.39 is 0 Å². The van der Waals surface area contributed by atoms with Crippen LogP contribution in [0.3, 0.4) is 0 Å². The molecule has 1 aromatic carbocycles. The van der Waals surface area contributed by atoms with E-state index in [4.69, 9.17) is 0 Å². The number of imidazole rings is 1. The van der Waals surface area contributed by atoms with Gasteiger partial charge in [0.25, 0.3) is 0 Å². The molecule has 0 saturated carbocycles. The average molecular weight is 382 g/mol. The van der Waals surface area contributed by atoms with Crippen LogP contribution in [0.25, 0.3) is 11.0 Å². The van der Waals surface area contributed by atoms with Gasteiger partial charge in [-0.05, 0) is 25.1 Å². The fourth-order valence-corrected chi connectivity index (χ4v) is 4.28. The molecule has 0 atom stereocenters. The topological polar surface area (TPSA) is 67.2 Å². The maximum atomic E-state index is 12.6. The minimum Gasteiger partial charge on any atom is -0.338 e. The van der Waals surface area contributed by atoms with Gasteiger partial charge in [-0.25, -0.2) is 15.0 Å². The Morgan fingerprint density at radius 2 is 1.81 bits per heavy atom. The zero-order valence-electron chi connectivity index (χ0n) is 15.3. The number of carbonyl (C=O) groups is 1. The van der Waals surface area contributed by atoms with E-state index in [1.54, 1.807) is 12.4 Å². The van der Waals surface area contributed by atoms with Gasteiger partial charge in [-0.1, -0.05) is 23.9 Å². The summed E-state index contributed by atoms with van der Waals surface area (Å²) in [5.41, 5.74) is 2.09. The molecule has 2 aromatic heterocycles. The first-order valence-electron chi connectivity index (χ1n) is 9.14. The maximum Gasteiger partial charge on any atom is 0.233 e. The number of aromatic nitrogens is 4. The monoisotopic (exact) mass is 382 g/mol. The first-order valence-corrected chi connectivity index (χ1v) is 10.1. The van der Waals surface area contributed by atoms with Crippen molar-refractivity contribution in [2.24, 2.45) is 0 Å². The van der Waals surface area contributed by atoms with Crippen LogP contribution in [-0.4, -0.2) is 62.3 Å². The lowest BCUT2D eigenvalue weighted by atomic mass is 10.3. The van der Waals surface area contributed by atoms with Crippen molar-refractivity contribution in [3.63, 3.8) is 0 Å². The normalized spacial score (nSPS) is 14.7. The van der Waals surface area contributed by atoms with Crippen LogP contribution in [0, 0.1) is 0 Å². The Kier molecular flexibility index (Phi) is 5.24. The molecule has 1 aliphatic rings. The molecular formula is C19H22N6OS. The van der Waals surface area contributed by atoms with E-state index in [1.807, 2.05) is 29.2 Å². The van der Waals surface area contributed by atoms with E-state index >= 15 is 0 Å². The second kappa shape index (κ2) is 7.96. The summed E-state index contributed by atoms with van der Waals surface area (Å²) < 4.78 is 2.16. The fourth-order valence-electron chi connectivity index (χ4n) is 3.30. The van der Waals surface area contributed by atoms with Gasteiger partial charge in [-0.15, -0.1) is 0 Å². The second-order valence-electron chi connectivity index (χ2n) is 6.33. The molecule has 0 unspecified atom stereocenters. The minimum atomic E-state index is 0.156. The van der Waals surface area contributed by atoms with Gasteiger partial charge >= 0.3 is 0 Å². The molecule has 0 N–H and O–H groups in total. The quantitative estimate of drug-likeness (QED) is 0.631. The summed E-state index contributed by atoms with van der Waals surface area (Å²) in [4.78, 5) is 29.9. The first-order chi connectivity index (χ1) is 13.3. The summed E-state index contributed by atoms with van der Waals surface area (Å²) in [5.74, 6) is 1.30. The summed E-state index contributed by atoms with van der Waals surface area (Å²) in [5, 5.41) is 0.906. The molecular weight excluding hydrogens is 360 g/mol. The molecule has 27 heavy (non-hydrogen) atoms. The second-order valence-corrected chi connectivity index (χ2v) is 7.28. The zero-order valence-corrected chi connectivity index (χ0v) is 16.1. The highest BCUT2D eigenvalue weighted by Gasteiger charge is 2.23. The highest BCUT2D eigenvalue weighted by Crippen LogP contribution is 2.24. The van der Waals surface area contributed by atoms with E-state index in [0.717, 1.165) is 41.8 Å². The Morgan fingerprint density at radius 1 is 1.07 bits per heavy atom. The third-order valence-electron chi connectivity index (χ3n) is 4.73. The lowest BCUT2D eigenvalue weighted by Crippen LogP contribution is -2.49. The van der Waals surface area contributed by atoms with Crippen LogP contribution >= 0.6 is 11.8 Å². The van der Waals surface area contributed by atoms with Gasteiger partial charge < -0.3 is 14.4 Å². The van der Waals surface area contributed by atoms with E-state index in [1.165, 1.54) is 11.8 Å². The van der Waals surface area contributed by atoms with Crippen LogP contribution < -0.4 is 4.90 Å². The van der Waals surface area contributed by atoms with Gasteiger partial charge in [0, 0.05) is 45.1 Å². The number of nitrogens with zero attached hydrogens (tertiary/aromatic N) is 6. The molecule has 1 fully saturated rings. The van der Waals surface area contributed by atoms with Crippen molar-refractivity contribution >= 4 is 34.7 Å². The van der Waals surface area contributed by atoms with Crippen LogP contribution in [0.5, 0.6) is 0 Å². The lowest BCUT2D eigenvalue weighted by Gasteiger charge is -2.34. The number of benzene rings is 1. The molecule has 0 aliphatic carbocycles. The number of piperazine rings is 1. The third kappa shape index (κ3) is 3.75. The largest absolute Gasteiger partial charge is 0.338 e. The highest BCUT2D eigenvalue weighted by atomic mass is 32.2. The number of fused-ring (bicyclic) bond motifs is 1. The number of aryl methyl sites for hydroxylation is 1. The Labute approximate surface area is 162 Å². The molecule has 3 aromatic rings. The van der Waals surface area contributed by atoms with Gasteiger partial charge in [-0.2, -0.15) is 0 Å². The summed E-state index contributed by atoms with van der Waals surface area (Å²) in [6.45, 7) is 5.85. The standard InChI is InChI=1S/C19H22N6OS/c1-2-25-16-7-4-3-6-15(16)22-19(25)27-14-17(26)23-10-12-24(13-11-23)18-20-8-5-9-21-18/h3-9H,2,10-14H2,1H3. The molecule has 4 rings (SSSR count). The molecule has 140 valence electrons. The van der Waals surface area contributed by atoms with Crippen molar-refractivity contribution < 1.29 is 4.79 Å². The number of hydrogen-bond acceptors (Lipinski definition) is 6. The Bertz CT molecular complexity index is 920. The van der Waals surface area contributed by atoms with Gasteiger partial charge in [0.05, 0.1) is 16.8 Å². The summed E-state index contributed by atoms with van der Waals surface area (Å²) in [7, 11) is 0. The molecule has 7 nitrogen and oxygen atoms in total. The van der Waals surface area contributed by atoms with Crippen LogP contribution in [0.1, 0.15) is 6.92 Å². The van der Waals surface area contributed by atoms with E-state index in [0.29, 0.717) is 18.8 Å². The van der Waals surface area contributed by atoms with Gasteiger partial charge in [-0.3, -0.25) is 4.79 Å². The van der Waals surface area contributed by atoms with Gasteiger partial charge in [0.1, 0.15) is 0 Å². The maximum absolute atomic E-state index is 12.6. The minimum absolute atomic E-state index is 0.156. The SMILES string of the molecule is CCn1c(SCC(=O)N2CCN(c3ncccn3)CC2)nc2ccccc21. The number of para-hydroxylation sites is 2. The first kappa shape index (κ1) is 17.8. The molecule has 1 saturated heterocycles. The molecule has 0 radical (unpaired) electrons. The molecule has 8 heteroatoms. The van der Waals surface area contributed by atoms with Crippen molar-refractivity contribution in [1.29, 1.82) is 0 Å². The predicted octanol–water partition coefficient (Wildman–Crippen LogP) is 2.29. The van der Waals surface area contributed by atoms with Crippen LogP contribution in [0.15, 0.2) is 47.9 Å². The van der Waals surface area contributed by atoms with Crippen molar-refractivity contribution in [2.45, 2.75) is 18.6 Å². The average Bonchev–Trinajstić information content (AvgIpc) is 3.10. The fraction of sp³-hybridized carbons (Fsp3) is 0.368. The highest BCUT2D eigenvalue weighted by molar-refractivity contribution is 7.99. The summed E-state index contributed by atoms with van der Waals surface area (Å²) in [6.07, 6.45) is 3.49. The van der Waals surface area contributed by atoms with Crippen LogP contribution in [0.4, 0.5) is 5.95 Å². The van der Waals surface area contributed by atoms with Crippen molar-refractivity contribution in [3.8, 4) is 0 Å². The Morgan fingerprint density at radius 3 is 2.56 bits per heavy atom. The van der Waals surface area contributed by atoms with Crippen molar-refractivity contribution in [3.05, 3.63) is 42.7 Å². The number of rotatable bonds is 5. The summed E-state index contributed by atoms with van der Waals surface area (Å²) in [6, 6.07) is 9.90. The Balaban J connectivity index is 1.35. The Hall–Kier alpha value is -2.61. The molecule has 0 spiro atoms. The number of thioether (sulfide) groups is 1. The molecule has 0 bridgehead atoms. The smallest absolute Gasteiger partial charge is 0.233 e. The van der Waals surface area contributed by atoms with Crippen molar-refractivity contribution in [1.82, 2.24) is 24.4 Å². The molecule has 1 amide bonds. The number of carbonyl (C=O) groups excluding carboxylic acids is 1. The molecule has 3 heterocycles. The molecule has 1 aliphatic heterocycles. The predicted molar refractivity (Wildman–Crippen MR) is 107 cm³/mol. The number of amides is 1. The van der Waals surface area contributed by atoms with E-state index in [-0.39, 0.29) is 5.91 Å². The van der Waals surface area contributed by atoms with E-state index in [9.17, 15) is 4.79 Å². The van der Waals surface area contributed by atoms with Crippen LogP contribution in [0.2, 0.25) is 0 Å². The number of anilines is 1. The summed E-state index contributed by atoms with van der Waals surface area (Å²) >= 11 is 1.52.